The van der Waals surface area contributed by atoms with Crippen molar-refractivity contribution in [1.82, 2.24) is 20.3 Å². The Hall–Kier alpha value is -2.62. The molecule has 7 rings (SSSR count). The number of para-hydroxylation sites is 1. The summed E-state index contributed by atoms with van der Waals surface area (Å²) in [4.78, 5) is 14.5. The minimum atomic E-state index is -0.933. The predicted molar refractivity (Wildman–Crippen MR) is 181 cm³/mol. The summed E-state index contributed by atoms with van der Waals surface area (Å²) >= 11 is 0. The van der Waals surface area contributed by atoms with Gasteiger partial charge in [0.05, 0.1) is 37.0 Å². The van der Waals surface area contributed by atoms with Gasteiger partial charge in [0.2, 0.25) is 5.91 Å². The first-order valence-electron chi connectivity index (χ1n) is 18.3. The fourth-order valence-electron chi connectivity index (χ4n) is 12.5. The molecular weight excluding hydrogens is 607 g/mol. The van der Waals surface area contributed by atoms with Gasteiger partial charge < -0.3 is 20.6 Å². The molecule has 1 aromatic heterocycles. The first kappa shape index (κ1) is 33.9. The Labute approximate surface area is 284 Å². The van der Waals surface area contributed by atoms with Crippen LogP contribution in [0, 0.1) is 62.5 Å². The fraction of sp³-hybridized carbons (Fsp3) is 0.718. The molecule has 0 radical (unpaired) electrons. The van der Waals surface area contributed by atoms with E-state index in [0.717, 1.165) is 44.9 Å². The summed E-state index contributed by atoms with van der Waals surface area (Å²) < 4.78 is 15.8. The van der Waals surface area contributed by atoms with Gasteiger partial charge in [-0.05, 0) is 109 Å². The number of carbonyl (C=O) groups excluding carboxylic acids is 1. The SMILES string of the molecule is C[C@H]1[C@H](C)CC[C@]2(C(=O)NCc3cn(-c4ccccc4F)nn3)CC[C@]3(C)C(=CC[C@@H]4[C@@]5(C)C[C@@H](O)[C@H](O)[C@@](C)(CO)[C@@H]5CC[C@]43C)[C@H]12. The average molecular weight is 663 g/mol. The first-order chi connectivity index (χ1) is 22.7. The molecule has 0 aliphatic heterocycles. The highest BCUT2D eigenvalue weighted by Crippen LogP contribution is 2.75. The van der Waals surface area contributed by atoms with Crippen molar-refractivity contribution in [2.75, 3.05) is 6.61 Å². The number of aliphatic hydroxyl groups excluding tert-OH is 3. The minimum Gasteiger partial charge on any atom is -0.396 e. The highest BCUT2D eigenvalue weighted by atomic mass is 19.1. The lowest BCUT2D eigenvalue weighted by Crippen LogP contribution is -2.68. The molecular formula is C39H55FN4O4. The lowest BCUT2D eigenvalue weighted by Gasteiger charge is -2.71. The zero-order valence-electron chi connectivity index (χ0n) is 29.5. The lowest BCUT2D eigenvalue weighted by molar-refractivity contribution is -0.243. The zero-order chi connectivity index (χ0) is 34.4. The predicted octanol–water partition coefficient (Wildman–Crippen LogP) is 5.98. The van der Waals surface area contributed by atoms with E-state index in [1.54, 1.807) is 24.4 Å². The maximum Gasteiger partial charge on any atom is 0.227 e. The Kier molecular flexibility index (Phi) is 8.08. The topological polar surface area (TPSA) is 121 Å². The number of allylic oxidation sites excluding steroid dienone is 2. The number of benzene rings is 1. The molecule has 2 aromatic rings. The van der Waals surface area contributed by atoms with Crippen LogP contribution in [0.5, 0.6) is 0 Å². The summed E-state index contributed by atoms with van der Waals surface area (Å²) in [5.74, 6) is 1.07. The summed E-state index contributed by atoms with van der Waals surface area (Å²) in [7, 11) is 0. The first-order valence-corrected chi connectivity index (χ1v) is 18.3. The quantitative estimate of drug-likeness (QED) is 0.292. The van der Waals surface area contributed by atoms with Crippen LogP contribution in [0.25, 0.3) is 5.69 Å². The molecule has 1 aromatic carbocycles. The van der Waals surface area contributed by atoms with Gasteiger partial charge in [0.25, 0.3) is 0 Å². The molecule has 48 heavy (non-hydrogen) atoms. The van der Waals surface area contributed by atoms with E-state index in [-0.39, 0.29) is 53.0 Å². The van der Waals surface area contributed by atoms with Crippen LogP contribution in [0.1, 0.15) is 98.6 Å². The third-order valence-corrected chi connectivity index (χ3v) is 15.6. The van der Waals surface area contributed by atoms with E-state index < -0.39 is 23.0 Å². The molecule has 5 aliphatic carbocycles. The normalized spacial score (nSPS) is 45.2. The third kappa shape index (κ3) is 4.51. The molecule has 0 spiro atoms. The van der Waals surface area contributed by atoms with E-state index in [0.29, 0.717) is 35.6 Å². The standard InChI is InChI=1S/C39H55FN4O4/c1-23-13-16-39(34(48)41-20-25-21-44(43-42-25)28-10-8-7-9-27(28)40)18-17-37(5)26(32(39)24(23)2)11-12-31-35(3)19-29(46)33(47)36(4,22-45)30(35)14-15-38(31,37)6/h7-11,21,23-24,29-33,45-47H,12-20,22H2,1-6H3,(H,41,48)/t23-,24+,29-,30-,31-,32+,33+,35+,36+,37-,38-,39+/m1/s1. The van der Waals surface area contributed by atoms with Crippen molar-refractivity contribution >= 4 is 5.91 Å². The van der Waals surface area contributed by atoms with Crippen LogP contribution < -0.4 is 5.32 Å². The minimum absolute atomic E-state index is 0.0467. The average Bonchev–Trinajstić information content (AvgIpc) is 3.53. The largest absolute Gasteiger partial charge is 0.396 e. The number of halogens is 1. The van der Waals surface area contributed by atoms with Crippen LogP contribution in [0.4, 0.5) is 4.39 Å². The maximum atomic E-state index is 14.5. The number of rotatable bonds is 5. The molecule has 1 heterocycles. The Balaban J connectivity index is 1.20. The number of hydrogen-bond acceptors (Lipinski definition) is 6. The fourth-order valence-corrected chi connectivity index (χ4v) is 12.5. The van der Waals surface area contributed by atoms with Gasteiger partial charge in [-0.1, -0.05) is 70.5 Å². The summed E-state index contributed by atoms with van der Waals surface area (Å²) in [6.07, 6.45) is 9.30. The molecule has 9 heteroatoms. The highest BCUT2D eigenvalue weighted by molar-refractivity contribution is 5.84. The molecule has 0 bridgehead atoms. The van der Waals surface area contributed by atoms with Gasteiger partial charge >= 0.3 is 0 Å². The van der Waals surface area contributed by atoms with Gasteiger partial charge in [-0.3, -0.25) is 4.79 Å². The van der Waals surface area contributed by atoms with Crippen LogP contribution in [0.2, 0.25) is 0 Å². The van der Waals surface area contributed by atoms with Gasteiger partial charge in [-0.2, -0.15) is 0 Å². The molecule has 4 fully saturated rings. The number of hydrogen-bond donors (Lipinski definition) is 4. The molecule has 262 valence electrons. The number of fused-ring (bicyclic) bond motifs is 7. The Bertz CT molecular complexity index is 1610. The summed E-state index contributed by atoms with van der Waals surface area (Å²) in [5.41, 5.74) is 0.723. The smallest absolute Gasteiger partial charge is 0.227 e. The number of nitrogens with zero attached hydrogens (tertiary/aromatic N) is 3. The lowest BCUT2D eigenvalue weighted by atomic mass is 9.33. The van der Waals surface area contributed by atoms with E-state index in [1.165, 1.54) is 16.3 Å². The van der Waals surface area contributed by atoms with E-state index >= 15 is 0 Å². The number of nitrogens with one attached hydrogen (secondary N) is 1. The van der Waals surface area contributed by atoms with Crippen LogP contribution in [0.15, 0.2) is 42.1 Å². The number of amides is 1. The zero-order valence-corrected chi connectivity index (χ0v) is 29.5. The van der Waals surface area contributed by atoms with Crippen LogP contribution in [-0.2, 0) is 11.3 Å². The van der Waals surface area contributed by atoms with Crippen LogP contribution in [-0.4, -0.2) is 55.0 Å². The van der Waals surface area contributed by atoms with Crippen molar-refractivity contribution in [3.63, 3.8) is 0 Å². The highest BCUT2D eigenvalue weighted by Gasteiger charge is 2.70. The van der Waals surface area contributed by atoms with Gasteiger partial charge in [0.15, 0.2) is 0 Å². The third-order valence-electron chi connectivity index (χ3n) is 15.6. The van der Waals surface area contributed by atoms with E-state index in [9.17, 15) is 24.5 Å². The molecule has 4 saturated carbocycles. The Morgan fingerprint density at radius 3 is 2.52 bits per heavy atom. The number of aromatic nitrogens is 3. The second kappa shape index (κ2) is 11.5. The number of aliphatic hydroxyl groups is 3. The Morgan fingerprint density at radius 1 is 1.04 bits per heavy atom. The number of carbonyl (C=O) groups is 1. The molecule has 12 atom stereocenters. The second-order valence-electron chi connectivity index (χ2n) is 17.5. The van der Waals surface area contributed by atoms with Crippen molar-refractivity contribution < 1.29 is 24.5 Å². The van der Waals surface area contributed by atoms with Crippen LogP contribution >= 0.6 is 0 Å². The molecule has 4 N–H and O–H groups in total. The maximum absolute atomic E-state index is 14.5. The monoisotopic (exact) mass is 662 g/mol. The summed E-state index contributed by atoms with van der Waals surface area (Å²) in [6, 6.07) is 6.44. The van der Waals surface area contributed by atoms with Gasteiger partial charge in [-0.25, -0.2) is 9.07 Å². The summed E-state index contributed by atoms with van der Waals surface area (Å²) in [6.45, 7) is 14.0. The molecule has 0 unspecified atom stereocenters. The van der Waals surface area contributed by atoms with Crippen LogP contribution in [0.3, 0.4) is 0 Å². The molecule has 8 nitrogen and oxygen atoms in total. The van der Waals surface area contributed by atoms with Crippen molar-refractivity contribution in [2.24, 2.45) is 56.7 Å². The van der Waals surface area contributed by atoms with Crippen molar-refractivity contribution in [3.8, 4) is 5.69 Å². The van der Waals surface area contributed by atoms with Gasteiger partial charge in [0, 0.05) is 5.41 Å². The van der Waals surface area contributed by atoms with E-state index in [1.807, 2.05) is 6.92 Å². The van der Waals surface area contributed by atoms with Crippen molar-refractivity contribution in [3.05, 3.63) is 53.6 Å². The van der Waals surface area contributed by atoms with E-state index in [2.05, 4.69) is 56.3 Å². The second-order valence-corrected chi connectivity index (χ2v) is 17.5. The van der Waals surface area contributed by atoms with Gasteiger partial charge in [-0.15, -0.1) is 5.10 Å². The molecule has 1 amide bonds. The van der Waals surface area contributed by atoms with Crippen molar-refractivity contribution in [1.29, 1.82) is 0 Å². The Morgan fingerprint density at radius 2 is 1.79 bits per heavy atom. The summed E-state index contributed by atoms with van der Waals surface area (Å²) in [5, 5.41) is 44.5. The molecule has 0 saturated heterocycles. The van der Waals surface area contributed by atoms with Crippen molar-refractivity contribution in [2.45, 2.75) is 112 Å². The van der Waals surface area contributed by atoms with Gasteiger partial charge in [0.1, 0.15) is 17.2 Å². The van der Waals surface area contributed by atoms with E-state index in [4.69, 9.17) is 0 Å². The molecule has 5 aliphatic rings.